The third-order valence-electron chi connectivity index (χ3n) is 2.15. The minimum absolute atomic E-state index is 0.149. The molecule has 3 nitrogen and oxygen atoms in total. The quantitative estimate of drug-likeness (QED) is 0.851. The van der Waals surface area contributed by atoms with Crippen LogP contribution in [0.25, 0.3) is 0 Å². The summed E-state index contributed by atoms with van der Waals surface area (Å²) in [5, 5.41) is 0. The zero-order chi connectivity index (χ0) is 12.2. The highest BCUT2D eigenvalue weighted by Crippen LogP contribution is 2.18. The van der Waals surface area contributed by atoms with Crippen molar-refractivity contribution in [3.05, 3.63) is 23.7 Å². The molecule has 1 aromatic heterocycles. The van der Waals surface area contributed by atoms with Crippen LogP contribution in [0.1, 0.15) is 18.4 Å². The topological polar surface area (TPSA) is 42.4 Å². The summed E-state index contributed by atoms with van der Waals surface area (Å²) in [7, 11) is 0. The van der Waals surface area contributed by atoms with Crippen molar-refractivity contribution in [1.82, 2.24) is 4.90 Å². The summed E-state index contributed by atoms with van der Waals surface area (Å²) in [6.07, 6.45) is -4.18. The molecule has 0 radical (unpaired) electrons. The van der Waals surface area contributed by atoms with Crippen molar-refractivity contribution in [2.24, 2.45) is 5.73 Å². The Kier molecular flexibility index (Phi) is 4.37. The number of furan rings is 1. The molecule has 0 spiro atoms. The minimum Gasteiger partial charge on any atom is -0.463 e. The van der Waals surface area contributed by atoms with E-state index in [1.54, 1.807) is 19.1 Å². The van der Waals surface area contributed by atoms with Gasteiger partial charge in [0.1, 0.15) is 11.5 Å². The average molecular weight is 236 g/mol. The highest BCUT2D eigenvalue weighted by atomic mass is 19.4. The molecule has 92 valence electrons. The second-order valence-corrected chi connectivity index (χ2v) is 3.49. The fourth-order valence-corrected chi connectivity index (χ4v) is 1.37. The Labute approximate surface area is 92.0 Å². The smallest absolute Gasteiger partial charge is 0.401 e. The normalized spacial score (nSPS) is 12.4. The maximum absolute atomic E-state index is 12.2. The van der Waals surface area contributed by atoms with Gasteiger partial charge in [0.25, 0.3) is 0 Å². The number of rotatable bonds is 5. The highest BCUT2D eigenvalue weighted by molar-refractivity contribution is 5.06. The Hall–Kier alpha value is -1.01. The number of alkyl halides is 3. The lowest BCUT2D eigenvalue weighted by Gasteiger charge is -2.20. The molecular weight excluding hydrogens is 221 g/mol. The van der Waals surface area contributed by atoms with E-state index in [0.29, 0.717) is 18.1 Å². The van der Waals surface area contributed by atoms with E-state index in [0.717, 1.165) is 0 Å². The predicted molar refractivity (Wildman–Crippen MR) is 53.6 cm³/mol. The van der Waals surface area contributed by atoms with E-state index >= 15 is 0 Å². The van der Waals surface area contributed by atoms with Crippen LogP contribution in [0.2, 0.25) is 0 Å². The first-order valence-corrected chi connectivity index (χ1v) is 5.01. The maximum Gasteiger partial charge on any atom is 0.401 e. The van der Waals surface area contributed by atoms with Crippen LogP contribution in [0.3, 0.4) is 0 Å². The summed E-state index contributed by atoms with van der Waals surface area (Å²) in [6, 6.07) is 3.33. The first-order valence-electron chi connectivity index (χ1n) is 5.01. The lowest BCUT2D eigenvalue weighted by atomic mass is 10.3. The molecule has 0 aliphatic rings. The number of hydrogen-bond donors (Lipinski definition) is 1. The molecule has 1 heterocycles. The van der Waals surface area contributed by atoms with Crippen LogP contribution in [0.5, 0.6) is 0 Å². The maximum atomic E-state index is 12.2. The Bertz CT molecular complexity index is 322. The second-order valence-electron chi connectivity index (χ2n) is 3.49. The van der Waals surface area contributed by atoms with Crippen molar-refractivity contribution in [3.8, 4) is 0 Å². The molecule has 0 amide bonds. The fourth-order valence-electron chi connectivity index (χ4n) is 1.37. The molecule has 0 aliphatic heterocycles. The summed E-state index contributed by atoms with van der Waals surface area (Å²) >= 11 is 0. The van der Waals surface area contributed by atoms with Crippen LogP contribution in [0.4, 0.5) is 13.2 Å². The van der Waals surface area contributed by atoms with Crippen molar-refractivity contribution in [1.29, 1.82) is 0 Å². The SMILES string of the molecule is CCN(Cc1ccc(CN)o1)CC(F)(F)F. The molecule has 1 aromatic rings. The first kappa shape index (κ1) is 13.1. The van der Waals surface area contributed by atoms with E-state index in [1.807, 2.05) is 0 Å². The van der Waals surface area contributed by atoms with E-state index in [1.165, 1.54) is 4.90 Å². The van der Waals surface area contributed by atoms with E-state index in [-0.39, 0.29) is 13.1 Å². The van der Waals surface area contributed by atoms with Gasteiger partial charge >= 0.3 is 6.18 Å². The molecule has 0 aromatic carbocycles. The lowest BCUT2D eigenvalue weighted by molar-refractivity contribution is -0.147. The van der Waals surface area contributed by atoms with Crippen molar-refractivity contribution in [3.63, 3.8) is 0 Å². The average Bonchev–Trinajstić information content (AvgIpc) is 2.62. The lowest BCUT2D eigenvalue weighted by Crippen LogP contribution is -2.33. The highest BCUT2D eigenvalue weighted by Gasteiger charge is 2.30. The van der Waals surface area contributed by atoms with Gasteiger partial charge in [-0.25, -0.2) is 0 Å². The molecule has 0 bridgehead atoms. The number of nitrogens with two attached hydrogens (primary N) is 1. The van der Waals surface area contributed by atoms with Crippen LogP contribution in [0, 0.1) is 0 Å². The summed E-state index contributed by atoms with van der Waals surface area (Å²) in [6.45, 7) is 1.47. The van der Waals surface area contributed by atoms with Crippen LogP contribution >= 0.6 is 0 Å². The Morgan fingerprint density at radius 3 is 2.38 bits per heavy atom. The van der Waals surface area contributed by atoms with E-state index in [2.05, 4.69) is 0 Å². The molecule has 16 heavy (non-hydrogen) atoms. The summed E-state index contributed by atoms with van der Waals surface area (Å²) in [5.41, 5.74) is 5.34. The van der Waals surface area contributed by atoms with Gasteiger partial charge in [0.05, 0.1) is 19.6 Å². The molecule has 0 saturated carbocycles. The zero-order valence-electron chi connectivity index (χ0n) is 9.05. The first-order chi connectivity index (χ1) is 7.44. The van der Waals surface area contributed by atoms with Gasteiger partial charge in [-0.2, -0.15) is 13.2 Å². The van der Waals surface area contributed by atoms with Gasteiger partial charge in [-0.1, -0.05) is 6.92 Å². The molecule has 0 aliphatic carbocycles. The third-order valence-corrected chi connectivity index (χ3v) is 2.15. The van der Waals surface area contributed by atoms with E-state index < -0.39 is 12.7 Å². The number of hydrogen-bond acceptors (Lipinski definition) is 3. The van der Waals surface area contributed by atoms with Gasteiger partial charge in [-0.05, 0) is 18.7 Å². The van der Waals surface area contributed by atoms with Gasteiger partial charge < -0.3 is 10.2 Å². The number of halogens is 3. The third kappa shape index (κ3) is 4.24. The van der Waals surface area contributed by atoms with Crippen molar-refractivity contribution >= 4 is 0 Å². The van der Waals surface area contributed by atoms with Crippen LogP contribution < -0.4 is 5.73 Å². The Balaban J connectivity index is 2.56. The predicted octanol–water partition coefficient (Wildman–Crippen LogP) is 2.12. The van der Waals surface area contributed by atoms with Gasteiger partial charge in [0, 0.05) is 0 Å². The van der Waals surface area contributed by atoms with Gasteiger partial charge in [-0.15, -0.1) is 0 Å². The Morgan fingerprint density at radius 1 is 1.31 bits per heavy atom. The van der Waals surface area contributed by atoms with Gasteiger partial charge in [0.15, 0.2) is 0 Å². The van der Waals surface area contributed by atoms with Crippen LogP contribution in [-0.2, 0) is 13.1 Å². The largest absolute Gasteiger partial charge is 0.463 e. The van der Waals surface area contributed by atoms with Gasteiger partial charge in [0.2, 0.25) is 0 Å². The summed E-state index contributed by atoms with van der Waals surface area (Å²) < 4.78 is 41.8. The molecule has 2 N–H and O–H groups in total. The molecule has 1 rings (SSSR count). The molecule has 0 fully saturated rings. The van der Waals surface area contributed by atoms with Crippen LogP contribution in [-0.4, -0.2) is 24.2 Å². The van der Waals surface area contributed by atoms with Gasteiger partial charge in [-0.3, -0.25) is 4.90 Å². The van der Waals surface area contributed by atoms with Crippen LogP contribution in [0.15, 0.2) is 16.5 Å². The molecule has 6 heteroatoms. The fraction of sp³-hybridized carbons (Fsp3) is 0.600. The molecule has 0 unspecified atom stereocenters. The monoisotopic (exact) mass is 236 g/mol. The standard InChI is InChI=1S/C10H15F3N2O/c1-2-15(7-10(11,12)13)6-9-4-3-8(5-14)16-9/h3-4H,2,5-7,14H2,1H3. The van der Waals surface area contributed by atoms with Crippen molar-refractivity contribution in [2.45, 2.75) is 26.2 Å². The second kappa shape index (κ2) is 5.36. The summed E-state index contributed by atoms with van der Waals surface area (Å²) in [5.74, 6) is 1.09. The van der Waals surface area contributed by atoms with Crippen molar-refractivity contribution < 1.29 is 17.6 Å². The molecule has 0 atom stereocenters. The number of nitrogens with zero attached hydrogens (tertiary/aromatic N) is 1. The molecular formula is C10H15F3N2O. The van der Waals surface area contributed by atoms with E-state index in [4.69, 9.17) is 10.2 Å². The molecule has 0 saturated heterocycles. The zero-order valence-corrected chi connectivity index (χ0v) is 9.05. The minimum atomic E-state index is -4.18. The van der Waals surface area contributed by atoms with E-state index in [9.17, 15) is 13.2 Å². The van der Waals surface area contributed by atoms with Crippen molar-refractivity contribution in [2.75, 3.05) is 13.1 Å². The Morgan fingerprint density at radius 2 is 1.94 bits per heavy atom. The summed E-state index contributed by atoms with van der Waals surface area (Å²) in [4.78, 5) is 1.26.